The smallest absolute Gasteiger partial charge is 0.119 e. The minimum Gasteiger partial charge on any atom is -0.316 e. The van der Waals surface area contributed by atoms with Gasteiger partial charge in [0, 0.05) is 12.5 Å². The molecule has 0 spiro atoms. The van der Waals surface area contributed by atoms with E-state index in [1.807, 2.05) is 6.92 Å². The van der Waals surface area contributed by atoms with Crippen LogP contribution in [0.3, 0.4) is 0 Å². The summed E-state index contributed by atoms with van der Waals surface area (Å²) in [7, 11) is 2.06. The molecule has 3 heteroatoms. The lowest BCUT2D eigenvalue weighted by molar-refractivity contribution is -0.107. The second-order valence-electron chi connectivity index (χ2n) is 3.38. The summed E-state index contributed by atoms with van der Waals surface area (Å²) in [6, 6.07) is 0.858. The predicted molar refractivity (Wildman–Crippen MR) is 49.1 cm³/mol. The van der Waals surface area contributed by atoms with Crippen LogP contribution in [0.2, 0.25) is 0 Å². The highest BCUT2D eigenvalue weighted by Gasteiger charge is 2.51. The maximum atomic E-state index is 9.17. The molecule has 1 aliphatic heterocycles. The Bertz CT molecular complexity index is 133. The van der Waals surface area contributed by atoms with Crippen LogP contribution < -0.4 is 10.6 Å². The first-order chi connectivity index (χ1) is 5.85. The monoisotopic (exact) mass is 170 g/mol. The quantitative estimate of drug-likeness (QED) is 0.574. The maximum Gasteiger partial charge on any atom is 0.119 e. The zero-order valence-corrected chi connectivity index (χ0v) is 7.84. The van der Waals surface area contributed by atoms with Crippen LogP contribution in [0, 0.1) is 11.8 Å². The highest BCUT2D eigenvalue weighted by Crippen LogP contribution is 2.40. The second kappa shape index (κ2) is 4.58. The lowest BCUT2D eigenvalue weighted by Gasteiger charge is -1.99. The number of nitrogens with one attached hydrogen (secondary N) is 2. The molecule has 0 aromatic carbocycles. The van der Waals surface area contributed by atoms with Crippen LogP contribution in [-0.2, 0) is 4.79 Å². The van der Waals surface area contributed by atoms with E-state index < -0.39 is 0 Å². The topological polar surface area (TPSA) is 41.1 Å². The zero-order chi connectivity index (χ0) is 8.97. The Morgan fingerprint density at radius 3 is 2.25 bits per heavy atom. The van der Waals surface area contributed by atoms with Crippen LogP contribution in [0.15, 0.2) is 0 Å². The Morgan fingerprint density at radius 1 is 1.50 bits per heavy atom. The van der Waals surface area contributed by atoms with Gasteiger partial charge in [-0.05, 0) is 32.0 Å². The number of rotatable bonds is 2. The molecule has 1 saturated heterocycles. The van der Waals surface area contributed by atoms with Gasteiger partial charge in [-0.1, -0.05) is 6.92 Å². The Labute approximate surface area is 73.9 Å². The first kappa shape index (κ1) is 9.68. The standard InChI is InChI=1S/C6H12N2.C3H6O/c1-7-6-4-2-8-3-5(4)6;1-2-3-4/h4-8H,2-3H2,1H3;3H,2H2,1H3. The van der Waals surface area contributed by atoms with Crippen molar-refractivity contribution in [3.05, 3.63) is 0 Å². The van der Waals surface area contributed by atoms with Gasteiger partial charge in [0.15, 0.2) is 0 Å². The molecule has 70 valence electrons. The number of aldehydes is 1. The van der Waals surface area contributed by atoms with Crippen molar-refractivity contribution in [1.29, 1.82) is 0 Å². The van der Waals surface area contributed by atoms with Crippen molar-refractivity contribution in [2.75, 3.05) is 20.1 Å². The molecule has 1 heterocycles. The lowest BCUT2D eigenvalue weighted by atomic mass is 10.4. The van der Waals surface area contributed by atoms with Crippen LogP contribution in [0.5, 0.6) is 0 Å². The summed E-state index contributed by atoms with van der Waals surface area (Å²) in [5, 5.41) is 6.65. The lowest BCUT2D eigenvalue weighted by Crippen LogP contribution is -2.24. The molecule has 0 bridgehead atoms. The van der Waals surface area contributed by atoms with Crippen LogP contribution in [0.25, 0.3) is 0 Å². The van der Waals surface area contributed by atoms with Gasteiger partial charge in [0.1, 0.15) is 6.29 Å². The molecule has 0 radical (unpaired) electrons. The van der Waals surface area contributed by atoms with E-state index in [-0.39, 0.29) is 0 Å². The Morgan fingerprint density at radius 2 is 2.00 bits per heavy atom. The fourth-order valence-corrected chi connectivity index (χ4v) is 1.85. The van der Waals surface area contributed by atoms with Crippen molar-refractivity contribution in [2.45, 2.75) is 19.4 Å². The molecular weight excluding hydrogens is 152 g/mol. The van der Waals surface area contributed by atoms with Crippen LogP contribution in [-0.4, -0.2) is 32.5 Å². The van der Waals surface area contributed by atoms with Crippen molar-refractivity contribution in [2.24, 2.45) is 11.8 Å². The van der Waals surface area contributed by atoms with Gasteiger partial charge in [-0.3, -0.25) is 0 Å². The molecule has 12 heavy (non-hydrogen) atoms. The zero-order valence-electron chi connectivity index (χ0n) is 7.84. The molecule has 3 nitrogen and oxygen atoms in total. The van der Waals surface area contributed by atoms with Crippen molar-refractivity contribution >= 4 is 6.29 Å². The van der Waals surface area contributed by atoms with E-state index in [9.17, 15) is 4.79 Å². The van der Waals surface area contributed by atoms with Gasteiger partial charge in [0.05, 0.1) is 0 Å². The number of hydrogen-bond donors (Lipinski definition) is 2. The molecule has 2 rings (SSSR count). The summed E-state index contributed by atoms with van der Waals surface area (Å²) in [5.74, 6) is 1.94. The molecule has 0 aromatic heterocycles. The van der Waals surface area contributed by atoms with E-state index in [0.29, 0.717) is 6.42 Å². The molecule has 1 aliphatic carbocycles. The van der Waals surface area contributed by atoms with E-state index in [2.05, 4.69) is 17.7 Å². The van der Waals surface area contributed by atoms with Gasteiger partial charge in [0.25, 0.3) is 0 Å². The minimum absolute atomic E-state index is 0.639. The fourth-order valence-electron chi connectivity index (χ4n) is 1.85. The van der Waals surface area contributed by atoms with Gasteiger partial charge in [-0.15, -0.1) is 0 Å². The maximum absolute atomic E-state index is 9.17. The number of piperidine rings is 1. The van der Waals surface area contributed by atoms with Crippen molar-refractivity contribution in [3.8, 4) is 0 Å². The van der Waals surface area contributed by atoms with Gasteiger partial charge in [-0.2, -0.15) is 0 Å². The summed E-state index contributed by atoms with van der Waals surface area (Å²) in [5.41, 5.74) is 0. The molecule has 0 aromatic rings. The third-order valence-electron chi connectivity index (χ3n) is 2.59. The van der Waals surface area contributed by atoms with Crippen LogP contribution in [0.4, 0.5) is 0 Å². The van der Waals surface area contributed by atoms with Crippen molar-refractivity contribution in [3.63, 3.8) is 0 Å². The number of fused-ring (bicyclic) bond motifs is 1. The van der Waals surface area contributed by atoms with E-state index >= 15 is 0 Å². The van der Waals surface area contributed by atoms with Gasteiger partial charge in [-0.25, -0.2) is 0 Å². The first-order valence-corrected chi connectivity index (χ1v) is 4.66. The highest BCUT2D eigenvalue weighted by molar-refractivity contribution is 5.48. The van der Waals surface area contributed by atoms with Gasteiger partial charge in [0.2, 0.25) is 0 Å². The summed E-state index contributed by atoms with van der Waals surface area (Å²) >= 11 is 0. The van der Waals surface area contributed by atoms with Crippen LogP contribution in [0.1, 0.15) is 13.3 Å². The number of carbonyl (C=O) groups is 1. The molecule has 2 fully saturated rings. The minimum atomic E-state index is 0.639. The molecule has 1 saturated carbocycles. The summed E-state index contributed by atoms with van der Waals surface area (Å²) in [6.07, 6.45) is 1.51. The van der Waals surface area contributed by atoms with E-state index in [0.717, 1.165) is 24.2 Å². The Hall–Kier alpha value is -0.410. The first-order valence-electron chi connectivity index (χ1n) is 4.66. The highest BCUT2D eigenvalue weighted by atomic mass is 16.1. The number of carbonyl (C=O) groups excluding carboxylic acids is 1. The molecule has 0 amide bonds. The van der Waals surface area contributed by atoms with Gasteiger partial charge < -0.3 is 15.4 Å². The average molecular weight is 170 g/mol. The van der Waals surface area contributed by atoms with E-state index in [1.165, 1.54) is 13.1 Å². The largest absolute Gasteiger partial charge is 0.316 e. The van der Waals surface area contributed by atoms with Crippen LogP contribution >= 0.6 is 0 Å². The Kier molecular flexibility index (Phi) is 3.69. The normalized spacial score (nSPS) is 36.3. The second-order valence-corrected chi connectivity index (χ2v) is 3.38. The molecule has 2 N–H and O–H groups in total. The van der Waals surface area contributed by atoms with Gasteiger partial charge >= 0.3 is 0 Å². The fraction of sp³-hybridized carbons (Fsp3) is 0.889. The average Bonchev–Trinajstić information content (AvgIpc) is 2.57. The van der Waals surface area contributed by atoms with E-state index in [4.69, 9.17) is 0 Å². The summed E-state index contributed by atoms with van der Waals surface area (Å²) < 4.78 is 0. The molecule has 2 aliphatic rings. The number of hydrogen-bond acceptors (Lipinski definition) is 3. The Balaban J connectivity index is 0.000000157. The molecule has 2 unspecified atom stereocenters. The third kappa shape index (κ3) is 2.05. The SMILES string of the molecule is CCC=O.CNC1C2CNCC21. The summed E-state index contributed by atoms with van der Waals surface area (Å²) in [4.78, 5) is 9.17. The summed E-state index contributed by atoms with van der Waals surface area (Å²) in [6.45, 7) is 4.30. The molecular formula is C9H18N2O. The molecule has 2 atom stereocenters. The van der Waals surface area contributed by atoms with Crippen molar-refractivity contribution < 1.29 is 4.79 Å². The van der Waals surface area contributed by atoms with E-state index in [1.54, 1.807) is 0 Å². The van der Waals surface area contributed by atoms with Crippen molar-refractivity contribution in [1.82, 2.24) is 10.6 Å². The third-order valence-corrected chi connectivity index (χ3v) is 2.59. The predicted octanol–water partition coefficient (Wildman–Crippen LogP) is 0.0189.